The molecule has 0 radical (unpaired) electrons. The van der Waals surface area contributed by atoms with Gasteiger partial charge in [0.25, 0.3) is 0 Å². The highest BCUT2D eigenvalue weighted by molar-refractivity contribution is 5.84. The van der Waals surface area contributed by atoms with Gasteiger partial charge in [-0.1, -0.05) is 26.0 Å². The molecular weight excluding hydrogens is 495 g/mol. The molecule has 0 saturated heterocycles. The first-order valence-corrected chi connectivity index (χ1v) is 12.9. The maximum Gasteiger partial charge on any atom is 0.416 e. The number of carboxylic acid groups (broad SMARTS) is 1. The van der Waals surface area contributed by atoms with Gasteiger partial charge in [-0.3, -0.25) is 9.59 Å². The lowest BCUT2D eigenvalue weighted by molar-refractivity contribution is -0.155. The Labute approximate surface area is 219 Å². The summed E-state index contributed by atoms with van der Waals surface area (Å²) in [4.78, 5) is 31.9. The number of aromatic nitrogens is 2. The van der Waals surface area contributed by atoms with E-state index in [1.165, 1.54) is 12.1 Å². The van der Waals surface area contributed by atoms with E-state index < -0.39 is 28.5 Å². The molecule has 3 heterocycles. The maximum atomic E-state index is 13.5. The SMILES string of the molecule is CC1(C)[C@@H](CC(=O)N2CCc3c(n(Cc4ccc(C(F)(F)F)cc4)c4ncccc34)C2)CC[C@@]1(C)C(=O)O. The molecule has 1 fully saturated rings. The minimum atomic E-state index is -4.39. The zero-order valence-electron chi connectivity index (χ0n) is 21.8. The van der Waals surface area contributed by atoms with Crippen molar-refractivity contribution in [1.82, 2.24) is 14.5 Å². The van der Waals surface area contributed by atoms with Crippen LogP contribution in [0.25, 0.3) is 11.0 Å². The quantitative estimate of drug-likeness (QED) is 0.448. The Kier molecular flexibility index (Phi) is 6.31. The standard InChI is InChI=1S/C29H32F3N3O3/c1-27(2)20(10-12-28(27,3)26(37)38)15-24(36)34-14-11-21-22-5-4-13-33-25(22)35(23(21)17-34)16-18-6-8-19(9-7-18)29(30,31)32/h4-9,13,20H,10-12,14-17H2,1-3H3,(H,37,38)/t20-,28+/m1/s1. The van der Waals surface area contributed by atoms with E-state index in [1.807, 2.05) is 35.4 Å². The molecule has 2 aliphatic rings. The summed E-state index contributed by atoms with van der Waals surface area (Å²) in [6.45, 7) is 6.97. The van der Waals surface area contributed by atoms with Crippen LogP contribution in [0.5, 0.6) is 0 Å². The Hall–Kier alpha value is -3.36. The maximum absolute atomic E-state index is 13.5. The highest BCUT2D eigenvalue weighted by atomic mass is 19.4. The highest BCUT2D eigenvalue weighted by Crippen LogP contribution is 2.57. The number of aliphatic carboxylic acids is 1. The van der Waals surface area contributed by atoms with Crippen LogP contribution in [0.2, 0.25) is 0 Å². The van der Waals surface area contributed by atoms with E-state index in [1.54, 1.807) is 13.1 Å². The normalized spacial score (nSPS) is 23.0. The first kappa shape index (κ1) is 26.3. The molecule has 2 aromatic heterocycles. The largest absolute Gasteiger partial charge is 0.481 e. The highest BCUT2D eigenvalue weighted by Gasteiger charge is 2.56. The second-order valence-corrected chi connectivity index (χ2v) is 11.4. The monoisotopic (exact) mass is 527 g/mol. The molecule has 6 nitrogen and oxygen atoms in total. The Bertz CT molecular complexity index is 1390. The van der Waals surface area contributed by atoms with Crippen molar-refractivity contribution in [3.63, 3.8) is 0 Å². The van der Waals surface area contributed by atoms with Crippen LogP contribution >= 0.6 is 0 Å². The summed E-state index contributed by atoms with van der Waals surface area (Å²) in [6, 6.07) is 9.00. The molecule has 3 aromatic rings. The van der Waals surface area contributed by atoms with Crippen molar-refractivity contribution < 1.29 is 27.9 Å². The molecule has 1 amide bonds. The van der Waals surface area contributed by atoms with Crippen molar-refractivity contribution in [2.75, 3.05) is 6.54 Å². The number of pyridine rings is 1. The predicted octanol–water partition coefficient (Wildman–Crippen LogP) is 5.91. The van der Waals surface area contributed by atoms with E-state index in [0.29, 0.717) is 50.9 Å². The minimum absolute atomic E-state index is 0.00246. The number of alkyl halides is 3. The van der Waals surface area contributed by atoms with E-state index in [2.05, 4.69) is 4.98 Å². The minimum Gasteiger partial charge on any atom is -0.481 e. The van der Waals surface area contributed by atoms with E-state index in [4.69, 9.17) is 0 Å². The lowest BCUT2D eigenvalue weighted by Gasteiger charge is -2.39. The van der Waals surface area contributed by atoms with E-state index >= 15 is 0 Å². The molecule has 1 aliphatic heterocycles. The van der Waals surface area contributed by atoms with Crippen molar-refractivity contribution in [1.29, 1.82) is 0 Å². The van der Waals surface area contributed by atoms with Crippen LogP contribution in [0.3, 0.4) is 0 Å². The first-order valence-electron chi connectivity index (χ1n) is 12.9. The topological polar surface area (TPSA) is 75.4 Å². The fourth-order valence-electron chi connectivity index (χ4n) is 6.30. The fourth-order valence-corrected chi connectivity index (χ4v) is 6.30. The molecule has 38 heavy (non-hydrogen) atoms. The number of benzene rings is 1. The van der Waals surface area contributed by atoms with E-state index in [0.717, 1.165) is 34.4 Å². The number of carbonyl (C=O) groups excluding carboxylic acids is 1. The van der Waals surface area contributed by atoms with Crippen LogP contribution in [0.15, 0.2) is 42.6 Å². The second kappa shape index (κ2) is 9.13. The van der Waals surface area contributed by atoms with Gasteiger partial charge in [-0.25, -0.2) is 4.98 Å². The number of halogens is 3. The summed E-state index contributed by atoms with van der Waals surface area (Å²) >= 11 is 0. The Morgan fingerprint density at radius 1 is 1.13 bits per heavy atom. The molecule has 9 heteroatoms. The van der Waals surface area contributed by atoms with Gasteiger partial charge in [0, 0.05) is 36.8 Å². The average molecular weight is 528 g/mol. The van der Waals surface area contributed by atoms with Crippen molar-refractivity contribution in [3.05, 3.63) is 65.0 Å². The van der Waals surface area contributed by atoms with Gasteiger partial charge in [-0.15, -0.1) is 0 Å². The zero-order chi connectivity index (χ0) is 27.5. The van der Waals surface area contributed by atoms with E-state index in [-0.39, 0.29) is 11.8 Å². The number of fused-ring (bicyclic) bond motifs is 3. The Morgan fingerprint density at radius 3 is 2.47 bits per heavy atom. The van der Waals surface area contributed by atoms with Gasteiger partial charge in [0.1, 0.15) is 5.65 Å². The first-order chi connectivity index (χ1) is 17.8. The smallest absolute Gasteiger partial charge is 0.416 e. The molecule has 1 aliphatic carbocycles. The van der Waals surface area contributed by atoms with Crippen molar-refractivity contribution in [2.24, 2.45) is 16.7 Å². The van der Waals surface area contributed by atoms with Crippen LogP contribution in [-0.4, -0.2) is 38.0 Å². The zero-order valence-corrected chi connectivity index (χ0v) is 21.8. The lowest BCUT2D eigenvalue weighted by atomic mass is 9.65. The molecule has 2 atom stereocenters. The van der Waals surface area contributed by atoms with Gasteiger partial charge in [0.15, 0.2) is 0 Å². The van der Waals surface area contributed by atoms with Crippen LogP contribution in [0.4, 0.5) is 13.2 Å². The van der Waals surface area contributed by atoms with Gasteiger partial charge < -0.3 is 14.6 Å². The Balaban J connectivity index is 1.40. The molecule has 1 N–H and O–H groups in total. The van der Waals surface area contributed by atoms with Crippen molar-refractivity contribution in [2.45, 2.75) is 65.7 Å². The van der Waals surface area contributed by atoms with Gasteiger partial charge in [-0.05, 0) is 72.9 Å². The summed E-state index contributed by atoms with van der Waals surface area (Å²) in [5.41, 5.74) is 1.45. The average Bonchev–Trinajstić information content (AvgIpc) is 3.30. The number of carboxylic acids is 1. The third kappa shape index (κ3) is 4.25. The number of rotatable bonds is 5. The third-order valence-electron chi connectivity index (χ3n) is 9.32. The summed E-state index contributed by atoms with van der Waals surface area (Å²) in [5, 5.41) is 10.8. The molecule has 1 aromatic carbocycles. The van der Waals surface area contributed by atoms with Crippen molar-refractivity contribution >= 4 is 22.9 Å². The van der Waals surface area contributed by atoms with Gasteiger partial charge >= 0.3 is 12.1 Å². The number of amides is 1. The summed E-state index contributed by atoms with van der Waals surface area (Å²) in [7, 11) is 0. The van der Waals surface area contributed by atoms with Gasteiger partial charge in [-0.2, -0.15) is 13.2 Å². The molecule has 0 spiro atoms. The number of nitrogens with zero attached hydrogens (tertiary/aromatic N) is 3. The van der Waals surface area contributed by atoms with Crippen LogP contribution in [0, 0.1) is 16.7 Å². The number of hydrogen-bond donors (Lipinski definition) is 1. The van der Waals surface area contributed by atoms with Gasteiger partial charge in [0.2, 0.25) is 5.91 Å². The van der Waals surface area contributed by atoms with E-state index in [9.17, 15) is 27.9 Å². The predicted molar refractivity (Wildman–Crippen MR) is 136 cm³/mol. The molecule has 202 valence electrons. The van der Waals surface area contributed by atoms with Crippen LogP contribution < -0.4 is 0 Å². The van der Waals surface area contributed by atoms with Crippen LogP contribution in [-0.2, 0) is 35.3 Å². The van der Waals surface area contributed by atoms with Crippen LogP contribution in [0.1, 0.15) is 62.4 Å². The fraction of sp³-hybridized carbons (Fsp3) is 0.483. The number of hydrogen-bond acceptors (Lipinski definition) is 3. The summed E-state index contributed by atoms with van der Waals surface area (Å²) in [6.07, 6.45) is -0.506. The molecular formula is C29H32F3N3O3. The molecule has 0 bridgehead atoms. The molecule has 5 rings (SSSR count). The summed E-state index contributed by atoms with van der Waals surface area (Å²) in [5.74, 6) is -0.847. The lowest BCUT2D eigenvalue weighted by Crippen LogP contribution is -2.43. The molecule has 0 unspecified atom stereocenters. The molecule has 1 saturated carbocycles. The Morgan fingerprint density at radius 2 is 1.84 bits per heavy atom. The van der Waals surface area contributed by atoms with Gasteiger partial charge in [0.05, 0.1) is 17.5 Å². The second-order valence-electron chi connectivity index (χ2n) is 11.4. The summed E-state index contributed by atoms with van der Waals surface area (Å²) < 4.78 is 41.1. The third-order valence-corrected chi connectivity index (χ3v) is 9.32. The van der Waals surface area contributed by atoms with Crippen molar-refractivity contribution in [3.8, 4) is 0 Å². The number of carbonyl (C=O) groups is 2.